The minimum absolute atomic E-state index is 0.117. The number of hydrogen-bond donors (Lipinski definition) is 1. The molecule has 0 spiro atoms. The zero-order valence-corrected chi connectivity index (χ0v) is 18.5. The van der Waals surface area contributed by atoms with Crippen molar-refractivity contribution in [3.8, 4) is 0 Å². The molecule has 33 heavy (non-hydrogen) atoms. The topological polar surface area (TPSA) is 78.7 Å². The van der Waals surface area contributed by atoms with Crippen LogP contribution in [0.25, 0.3) is 0 Å². The van der Waals surface area contributed by atoms with Crippen LogP contribution in [0.3, 0.4) is 0 Å². The average Bonchev–Trinajstić information content (AvgIpc) is 3.17. The summed E-state index contributed by atoms with van der Waals surface area (Å²) < 4.78 is 39.8. The van der Waals surface area contributed by atoms with Crippen LogP contribution in [0.2, 0.25) is 5.02 Å². The molecule has 2 saturated heterocycles. The summed E-state index contributed by atoms with van der Waals surface area (Å²) in [7, 11) is 0. The van der Waals surface area contributed by atoms with Crippen LogP contribution >= 0.6 is 11.6 Å². The van der Waals surface area contributed by atoms with Crippen molar-refractivity contribution in [2.75, 3.05) is 26.2 Å². The van der Waals surface area contributed by atoms with Crippen molar-refractivity contribution in [1.29, 1.82) is 0 Å². The first kappa shape index (κ1) is 23.6. The van der Waals surface area contributed by atoms with Crippen LogP contribution in [0.15, 0.2) is 30.5 Å². The molecule has 1 aromatic carbocycles. The van der Waals surface area contributed by atoms with E-state index in [4.69, 9.17) is 16.7 Å². The van der Waals surface area contributed by atoms with Gasteiger partial charge in [-0.15, -0.1) is 0 Å². The number of amides is 1. The van der Waals surface area contributed by atoms with Gasteiger partial charge in [-0.2, -0.15) is 23.0 Å². The van der Waals surface area contributed by atoms with Gasteiger partial charge in [-0.3, -0.25) is 4.90 Å². The van der Waals surface area contributed by atoms with E-state index in [0.29, 0.717) is 37.0 Å². The van der Waals surface area contributed by atoms with Gasteiger partial charge in [-0.25, -0.2) is 9.59 Å². The molecule has 2 aromatic rings. The molecule has 1 N–H and O–H groups in total. The second-order valence-corrected chi connectivity index (χ2v) is 9.08. The van der Waals surface area contributed by atoms with E-state index < -0.39 is 17.7 Å². The van der Waals surface area contributed by atoms with E-state index >= 15 is 0 Å². The van der Waals surface area contributed by atoms with Gasteiger partial charge in [-0.1, -0.05) is 17.7 Å². The predicted octanol–water partition coefficient (Wildman–Crippen LogP) is 4.46. The average molecular weight is 485 g/mol. The van der Waals surface area contributed by atoms with Crippen molar-refractivity contribution in [2.24, 2.45) is 11.8 Å². The largest absolute Gasteiger partial charge is 0.476 e. The molecular weight excluding hydrogens is 461 g/mol. The number of carboxylic acid groups (broad SMARTS) is 1. The second kappa shape index (κ2) is 9.34. The number of aromatic nitrogens is 2. The fraction of sp³-hybridized carbons (Fsp3) is 0.500. The Morgan fingerprint density at radius 2 is 1.88 bits per heavy atom. The summed E-state index contributed by atoms with van der Waals surface area (Å²) in [6, 6.07) is 4.45. The summed E-state index contributed by atoms with van der Waals surface area (Å²) >= 11 is 6.15. The summed E-state index contributed by atoms with van der Waals surface area (Å²) in [5.41, 5.74) is -0.259. The van der Waals surface area contributed by atoms with Gasteiger partial charge >= 0.3 is 18.2 Å². The van der Waals surface area contributed by atoms with E-state index in [1.165, 1.54) is 18.3 Å². The molecule has 2 aliphatic rings. The molecule has 4 rings (SSSR count). The maximum Gasteiger partial charge on any atom is 0.416 e. The Bertz CT molecular complexity index is 1040. The summed E-state index contributed by atoms with van der Waals surface area (Å²) in [6.45, 7) is 3.18. The molecule has 2 aliphatic heterocycles. The highest BCUT2D eigenvalue weighted by Crippen LogP contribution is 2.34. The van der Waals surface area contributed by atoms with Crippen LogP contribution in [-0.2, 0) is 12.7 Å². The molecule has 2 atom stereocenters. The Morgan fingerprint density at radius 3 is 2.55 bits per heavy atom. The van der Waals surface area contributed by atoms with Crippen molar-refractivity contribution >= 4 is 23.6 Å². The summed E-state index contributed by atoms with van der Waals surface area (Å²) in [5.74, 6) is -0.528. The number of benzene rings is 1. The smallest absolute Gasteiger partial charge is 0.416 e. The minimum atomic E-state index is -4.42. The highest BCUT2D eigenvalue weighted by Gasteiger charge is 2.35. The van der Waals surface area contributed by atoms with Crippen LogP contribution in [0.5, 0.6) is 0 Å². The Balaban J connectivity index is 1.38. The third-order valence-corrected chi connectivity index (χ3v) is 6.83. The molecule has 11 heteroatoms. The van der Waals surface area contributed by atoms with Crippen molar-refractivity contribution < 1.29 is 27.9 Å². The van der Waals surface area contributed by atoms with Crippen molar-refractivity contribution in [2.45, 2.75) is 32.0 Å². The standard InChI is InChI=1S/C22H24ClF3N4O3/c23-18-10-17(22(24,25)26)4-3-16(18)12-28-7-1-2-14-13-29(8-5-15(14)11-28)21(33)30-9-6-19(27-30)20(31)32/h3-4,6,9-10,14-15H,1-2,5,7-8,11-13H2,(H,31,32). The number of alkyl halides is 3. The number of carbonyl (C=O) groups excluding carboxylic acids is 1. The van der Waals surface area contributed by atoms with Crippen molar-refractivity contribution in [3.63, 3.8) is 0 Å². The number of piperidine rings is 1. The molecule has 2 fully saturated rings. The fourth-order valence-corrected chi connectivity index (χ4v) is 4.99. The summed E-state index contributed by atoms with van der Waals surface area (Å²) in [5, 5.41) is 13.0. The van der Waals surface area contributed by atoms with Crippen molar-refractivity contribution in [3.05, 3.63) is 52.3 Å². The second-order valence-electron chi connectivity index (χ2n) is 8.67. The lowest BCUT2D eigenvalue weighted by Gasteiger charge is -2.38. The zero-order chi connectivity index (χ0) is 23.8. The molecule has 0 aliphatic carbocycles. The molecular formula is C22H24ClF3N4O3. The number of likely N-dealkylation sites (tertiary alicyclic amines) is 2. The van der Waals surface area contributed by atoms with Gasteiger partial charge in [0.1, 0.15) is 0 Å². The lowest BCUT2D eigenvalue weighted by Crippen LogP contribution is -2.47. The highest BCUT2D eigenvalue weighted by atomic mass is 35.5. The van der Waals surface area contributed by atoms with E-state index in [0.717, 1.165) is 49.2 Å². The first-order valence-electron chi connectivity index (χ1n) is 10.8. The molecule has 3 heterocycles. The molecule has 0 bridgehead atoms. The molecule has 0 saturated carbocycles. The molecule has 1 aromatic heterocycles. The molecule has 2 unspecified atom stereocenters. The van der Waals surface area contributed by atoms with Gasteiger partial charge in [0.15, 0.2) is 5.69 Å². The van der Waals surface area contributed by atoms with Crippen LogP contribution < -0.4 is 0 Å². The maximum atomic E-state index is 12.9. The Morgan fingerprint density at radius 1 is 1.12 bits per heavy atom. The highest BCUT2D eigenvalue weighted by molar-refractivity contribution is 6.31. The van der Waals surface area contributed by atoms with Gasteiger partial charge in [0.05, 0.1) is 5.56 Å². The lowest BCUT2D eigenvalue weighted by atomic mass is 9.83. The van der Waals surface area contributed by atoms with Crippen LogP contribution in [0, 0.1) is 11.8 Å². The monoisotopic (exact) mass is 484 g/mol. The normalized spacial score (nSPS) is 22.0. The quantitative estimate of drug-likeness (QED) is 0.696. The van der Waals surface area contributed by atoms with Crippen LogP contribution in [0.1, 0.15) is 40.9 Å². The number of halogens is 4. The number of carbonyl (C=O) groups is 2. The van der Waals surface area contributed by atoms with Gasteiger partial charge in [-0.05, 0) is 61.4 Å². The van der Waals surface area contributed by atoms with E-state index in [1.807, 2.05) is 0 Å². The van der Waals surface area contributed by atoms with E-state index in [9.17, 15) is 22.8 Å². The molecule has 178 valence electrons. The first-order chi connectivity index (χ1) is 15.6. The number of nitrogens with zero attached hydrogens (tertiary/aromatic N) is 4. The number of aromatic carboxylic acids is 1. The molecule has 7 nitrogen and oxygen atoms in total. The van der Waals surface area contributed by atoms with Gasteiger partial charge in [0.25, 0.3) is 0 Å². The Kier molecular flexibility index (Phi) is 6.67. The zero-order valence-electron chi connectivity index (χ0n) is 17.8. The SMILES string of the molecule is O=C(O)c1ccn(C(=O)N2CCC3CN(Cc4ccc(C(F)(F)F)cc4Cl)CCCC3C2)n1. The third-order valence-electron chi connectivity index (χ3n) is 6.48. The number of carboxylic acids is 1. The predicted molar refractivity (Wildman–Crippen MR) is 114 cm³/mol. The maximum absolute atomic E-state index is 12.9. The minimum Gasteiger partial charge on any atom is -0.476 e. The summed E-state index contributed by atoms with van der Waals surface area (Å²) in [6.07, 6.45) is -0.423. The van der Waals surface area contributed by atoms with E-state index in [1.54, 1.807) is 4.90 Å². The van der Waals surface area contributed by atoms with Gasteiger partial charge in [0.2, 0.25) is 0 Å². The van der Waals surface area contributed by atoms with Crippen LogP contribution in [-0.4, -0.2) is 62.9 Å². The lowest BCUT2D eigenvalue weighted by molar-refractivity contribution is -0.137. The van der Waals surface area contributed by atoms with E-state index in [-0.39, 0.29) is 16.7 Å². The number of fused-ring (bicyclic) bond motifs is 1. The fourth-order valence-electron chi connectivity index (χ4n) is 4.75. The third kappa shape index (κ3) is 5.33. The first-order valence-corrected chi connectivity index (χ1v) is 11.2. The van der Waals surface area contributed by atoms with Crippen LogP contribution in [0.4, 0.5) is 18.0 Å². The van der Waals surface area contributed by atoms with Crippen molar-refractivity contribution in [1.82, 2.24) is 19.6 Å². The number of hydrogen-bond acceptors (Lipinski definition) is 4. The summed E-state index contributed by atoms with van der Waals surface area (Å²) in [4.78, 5) is 27.7. The van der Waals surface area contributed by atoms with Gasteiger partial charge < -0.3 is 10.0 Å². The van der Waals surface area contributed by atoms with E-state index in [2.05, 4.69) is 10.00 Å². The molecule has 0 radical (unpaired) electrons. The number of rotatable bonds is 3. The van der Waals surface area contributed by atoms with Gasteiger partial charge in [0, 0.05) is 37.4 Å². The Labute approximate surface area is 193 Å². The Hall–Kier alpha value is -2.59. The molecule has 1 amide bonds.